The molecule has 3 N–H and O–H groups in total. The van der Waals surface area contributed by atoms with Gasteiger partial charge in [0.15, 0.2) is 5.11 Å². The average Bonchev–Trinajstić information content (AvgIpc) is 1.98. The molecule has 0 bridgehead atoms. The van der Waals surface area contributed by atoms with E-state index >= 15 is 0 Å². The minimum atomic E-state index is 0.706. The van der Waals surface area contributed by atoms with Gasteiger partial charge in [-0.25, -0.2) is 0 Å². The summed E-state index contributed by atoms with van der Waals surface area (Å²) in [7, 11) is 1.81. The third-order valence-corrected chi connectivity index (χ3v) is 1.41. The number of hydrogen-bond donors (Lipinski definition) is 3. The van der Waals surface area contributed by atoms with E-state index in [0.717, 1.165) is 19.6 Å². The number of rotatable bonds is 4. The van der Waals surface area contributed by atoms with Crippen molar-refractivity contribution in [1.29, 1.82) is 0 Å². The van der Waals surface area contributed by atoms with Crippen LogP contribution in [0, 0.1) is 0 Å². The molecule has 0 unspecified atom stereocenters. The normalized spacial score (nSPS) is 9.00. The molecule has 60 valence electrons. The van der Waals surface area contributed by atoms with Crippen LogP contribution in [-0.4, -0.2) is 31.8 Å². The number of hydrogen-bond acceptors (Lipinski definition) is 2. The zero-order valence-electron chi connectivity index (χ0n) is 6.53. The van der Waals surface area contributed by atoms with Crippen molar-refractivity contribution in [2.75, 3.05) is 26.7 Å². The molecule has 0 rings (SSSR count). The van der Waals surface area contributed by atoms with E-state index in [1.54, 1.807) is 0 Å². The Morgan fingerprint density at radius 2 is 2.10 bits per heavy atom. The molecule has 0 aromatic carbocycles. The number of thiocarbonyl (C=S) groups is 1. The van der Waals surface area contributed by atoms with Gasteiger partial charge in [-0.1, -0.05) is 6.92 Å². The second kappa shape index (κ2) is 6.77. The van der Waals surface area contributed by atoms with Gasteiger partial charge in [-0.15, -0.1) is 0 Å². The summed E-state index contributed by atoms with van der Waals surface area (Å²) in [5.74, 6) is 0. The molecule has 10 heavy (non-hydrogen) atoms. The molecule has 0 amide bonds. The lowest BCUT2D eigenvalue weighted by Crippen LogP contribution is -2.37. The van der Waals surface area contributed by atoms with E-state index in [4.69, 9.17) is 12.2 Å². The van der Waals surface area contributed by atoms with Gasteiger partial charge in [0.1, 0.15) is 0 Å². The van der Waals surface area contributed by atoms with Gasteiger partial charge in [-0.2, -0.15) is 0 Å². The standard InChI is InChI=1S/C6H15N3S/c1-3-8-4-5-9-6(10)7-2/h8H,3-5H2,1-2H3,(H2,7,9,10). The van der Waals surface area contributed by atoms with E-state index in [9.17, 15) is 0 Å². The Bertz CT molecular complexity index is 95.0. The molecule has 0 atom stereocenters. The minimum Gasteiger partial charge on any atom is -0.366 e. The fourth-order valence-electron chi connectivity index (χ4n) is 0.530. The first-order chi connectivity index (χ1) is 4.81. The van der Waals surface area contributed by atoms with Crippen molar-refractivity contribution in [3.63, 3.8) is 0 Å². The van der Waals surface area contributed by atoms with E-state index in [2.05, 4.69) is 22.9 Å². The molecule has 3 nitrogen and oxygen atoms in total. The van der Waals surface area contributed by atoms with Crippen LogP contribution in [0.4, 0.5) is 0 Å². The van der Waals surface area contributed by atoms with E-state index in [0.29, 0.717) is 5.11 Å². The van der Waals surface area contributed by atoms with Crippen molar-refractivity contribution >= 4 is 17.3 Å². The first-order valence-corrected chi connectivity index (χ1v) is 3.88. The van der Waals surface area contributed by atoms with E-state index in [1.807, 2.05) is 7.05 Å². The molecule has 0 aliphatic rings. The van der Waals surface area contributed by atoms with Crippen LogP contribution in [-0.2, 0) is 0 Å². The summed E-state index contributed by atoms with van der Waals surface area (Å²) in [5, 5.41) is 9.74. The SMILES string of the molecule is CCNCCNC(=S)NC. The molecule has 0 aromatic heterocycles. The monoisotopic (exact) mass is 161 g/mol. The molecule has 0 heterocycles. The maximum absolute atomic E-state index is 4.85. The lowest BCUT2D eigenvalue weighted by molar-refractivity contribution is 0.695. The van der Waals surface area contributed by atoms with Crippen molar-refractivity contribution < 1.29 is 0 Å². The second-order valence-electron chi connectivity index (χ2n) is 1.86. The molecule has 0 saturated carbocycles. The van der Waals surface area contributed by atoms with Crippen molar-refractivity contribution in [1.82, 2.24) is 16.0 Å². The van der Waals surface area contributed by atoms with Gasteiger partial charge in [0.2, 0.25) is 0 Å². The Morgan fingerprint density at radius 3 is 2.60 bits per heavy atom. The lowest BCUT2D eigenvalue weighted by Gasteiger charge is -2.05. The number of likely N-dealkylation sites (N-methyl/N-ethyl adjacent to an activating group) is 1. The molecule has 0 saturated heterocycles. The quantitative estimate of drug-likeness (QED) is 0.390. The maximum atomic E-state index is 4.85. The zero-order valence-corrected chi connectivity index (χ0v) is 7.35. The van der Waals surface area contributed by atoms with E-state index in [-0.39, 0.29) is 0 Å². The third-order valence-electron chi connectivity index (χ3n) is 1.06. The van der Waals surface area contributed by atoms with Crippen LogP contribution >= 0.6 is 12.2 Å². The van der Waals surface area contributed by atoms with Gasteiger partial charge >= 0.3 is 0 Å². The Kier molecular flexibility index (Phi) is 6.53. The second-order valence-corrected chi connectivity index (χ2v) is 2.27. The zero-order chi connectivity index (χ0) is 7.82. The van der Waals surface area contributed by atoms with Crippen LogP contribution in [0.15, 0.2) is 0 Å². The van der Waals surface area contributed by atoms with E-state index < -0.39 is 0 Å². The first kappa shape index (κ1) is 9.65. The molecular weight excluding hydrogens is 146 g/mol. The van der Waals surface area contributed by atoms with Gasteiger partial charge in [0.25, 0.3) is 0 Å². The highest BCUT2D eigenvalue weighted by atomic mass is 32.1. The third kappa shape index (κ3) is 5.78. The molecule has 0 aliphatic carbocycles. The smallest absolute Gasteiger partial charge is 0.166 e. The Labute approximate surface area is 67.6 Å². The molecular formula is C6H15N3S. The predicted octanol–water partition coefficient (Wildman–Crippen LogP) is -0.310. The van der Waals surface area contributed by atoms with Crippen molar-refractivity contribution in [2.45, 2.75) is 6.92 Å². The highest BCUT2D eigenvalue weighted by molar-refractivity contribution is 7.80. The molecule has 4 heteroatoms. The fourth-order valence-corrected chi connectivity index (χ4v) is 0.632. The summed E-state index contributed by atoms with van der Waals surface area (Å²) in [5.41, 5.74) is 0. The van der Waals surface area contributed by atoms with Gasteiger partial charge in [-0.3, -0.25) is 0 Å². The predicted molar refractivity (Wildman–Crippen MR) is 48.2 cm³/mol. The van der Waals surface area contributed by atoms with Crippen LogP contribution in [0.3, 0.4) is 0 Å². The average molecular weight is 161 g/mol. The van der Waals surface area contributed by atoms with Gasteiger partial charge < -0.3 is 16.0 Å². The summed E-state index contributed by atoms with van der Waals surface area (Å²) < 4.78 is 0. The maximum Gasteiger partial charge on any atom is 0.166 e. The summed E-state index contributed by atoms with van der Waals surface area (Å²) in [4.78, 5) is 0. The highest BCUT2D eigenvalue weighted by Crippen LogP contribution is 1.62. The topological polar surface area (TPSA) is 36.1 Å². The Balaban J connectivity index is 2.96. The van der Waals surface area contributed by atoms with Crippen molar-refractivity contribution in [3.05, 3.63) is 0 Å². The number of nitrogens with one attached hydrogen (secondary N) is 3. The van der Waals surface area contributed by atoms with Crippen molar-refractivity contribution in [2.24, 2.45) is 0 Å². The molecule has 0 aliphatic heterocycles. The van der Waals surface area contributed by atoms with Crippen LogP contribution in [0.1, 0.15) is 6.92 Å². The lowest BCUT2D eigenvalue weighted by atomic mass is 10.6. The van der Waals surface area contributed by atoms with Crippen LogP contribution in [0.2, 0.25) is 0 Å². The summed E-state index contributed by atoms with van der Waals surface area (Å²) in [6.07, 6.45) is 0. The van der Waals surface area contributed by atoms with Crippen LogP contribution in [0.5, 0.6) is 0 Å². The summed E-state index contributed by atoms with van der Waals surface area (Å²) >= 11 is 4.85. The van der Waals surface area contributed by atoms with E-state index in [1.165, 1.54) is 0 Å². The molecule has 0 spiro atoms. The first-order valence-electron chi connectivity index (χ1n) is 3.47. The molecule has 0 aromatic rings. The Hall–Kier alpha value is -0.350. The summed E-state index contributed by atoms with van der Waals surface area (Å²) in [6.45, 7) is 4.93. The van der Waals surface area contributed by atoms with Gasteiger partial charge in [0, 0.05) is 20.1 Å². The minimum absolute atomic E-state index is 0.706. The summed E-state index contributed by atoms with van der Waals surface area (Å²) in [6, 6.07) is 0. The van der Waals surface area contributed by atoms with Gasteiger partial charge in [0.05, 0.1) is 0 Å². The van der Waals surface area contributed by atoms with Gasteiger partial charge in [-0.05, 0) is 18.8 Å². The fraction of sp³-hybridized carbons (Fsp3) is 0.833. The largest absolute Gasteiger partial charge is 0.366 e. The highest BCUT2D eigenvalue weighted by Gasteiger charge is 1.87. The van der Waals surface area contributed by atoms with Crippen LogP contribution < -0.4 is 16.0 Å². The Morgan fingerprint density at radius 1 is 1.40 bits per heavy atom. The van der Waals surface area contributed by atoms with Crippen molar-refractivity contribution in [3.8, 4) is 0 Å². The molecule has 0 fully saturated rings. The molecule has 0 radical (unpaired) electrons. The van der Waals surface area contributed by atoms with Crippen LogP contribution in [0.25, 0.3) is 0 Å².